The second-order valence-electron chi connectivity index (χ2n) is 6.70. The van der Waals surface area contributed by atoms with E-state index in [4.69, 9.17) is 4.42 Å². The number of aliphatic imine (C=N–C) groups is 1. The highest BCUT2D eigenvalue weighted by molar-refractivity contribution is 5.79. The number of guanidine groups is 1. The number of rotatable bonds is 6. The fraction of sp³-hybridized carbons (Fsp3) is 0.273. The Morgan fingerprint density at radius 3 is 2.61 bits per heavy atom. The van der Waals surface area contributed by atoms with Crippen LogP contribution < -0.4 is 10.6 Å². The fourth-order valence-corrected chi connectivity index (χ4v) is 2.78. The Labute approximate surface area is 164 Å². The van der Waals surface area contributed by atoms with Gasteiger partial charge in [-0.3, -0.25) is 4.99 Å². The second-order valence-corrected chi connectivity index (χ2v) is 6.70. The molecule has 0 bridgehead atoms. The third-order valence-corrected chi connectivity index (χ3v) is 4.43. The molecular formula is C22H25FN4O. The summed E-state index contributed by atoms with van der Waals surface area (Å²) in [5.74, 6) is 1.12. The molecule has 0 amide bonds. The maximum atomic E-state index is 13.3. The molecule has 5 nitrogen and oxygen atoms in total. The SMILES string of the molecule is CN=C(NCCc1coc(-c2ccc(C)cc2)n1)NCc1ccc(F)c(C)c1. The first-order valence-electron chi connectivity index (χ1n) is 9.26. The molecule has 1 heterocycles. The largest absolute Gasteiger partial charge is 0.444 e. The van der Waals surface area contributed by atoms with Crippen LogP contribution in [0.15, 0.2) is 58.1 Å². The Morgan fingerprint density at radius 2 is 1.89 bits per heavy atom. The van der Waals surface area contributed by atoms with Gasteiger partial charge >= 0.3 is 0 Å². The van der Waals surface area contributed by atoms with Gasteiger partial charge in [0.05, 0.1) is 5.69 Å². The highest BCUT2D eigenvalue weighted by Gasteiger charge is 2.07. The van der Waals surface area contributed by atoms with E-state index in [-0.39, 0.29) is 5.82 Å². The minimum atomic E-state index is -0.191. The van der Waals surface area contributed by atoms with Crippen molar-refractivity contribution in [3.8, 4) is 11.5 Å². The van der Waals surface area contributed by atoms with Gasteiger partial charge in [-0.15, -0.1) is 0 Å². The van der Waals surface area contributed by atoms with Crippen LogP contribution in [-0.2, 0) is 13.0 Å². The van der Waals surface area contributed by atoms with Gasteiger partial charge in [0.15, 0.2) is 5.96 Å². The van der Waals surface area contributed by atoms with Crippen molar-refractivity contribution in [1.29, 1.82) is 0 Å². The Kier molecular flexibility index (Phi) is 6.42. The molecule has 2 aromatic carbocycles. The molecule has 0 unspecified atom stereocenters. The molecule has 0 saturated heterocycles. The predicted octanol–water partition coefficient (Wildman–Crippen LogP) is 4.01. The number of benzene rings is 2. The van der Waals surface area contributed by atoms with E-state index in [2.05, 4.69) is 27.5 Å². The fourth-order valence-electron chi connectivity index (χ4n) is 2.78. The third-order valence-electron chi connectivity index (χ3n) is 4.43. The van der Waals surface area contributed by atoms with Gasteiger partial charge in [0.2, 0.25) is 5.89 Å². The molecule has 0 aliphatic carbocycles. The van der Waals surface area contributed by atoms with E-state index in [0.717, 1.165) is 16.8 Å². The molecule has 3 aromatic rings. The highest BCUT2D eigenvalue weighted by atomic mass is 19.1. The van der Waals surface area contributed by atoms with Crippen molar-refractivity contribution in [1.82, 2.24) is 15.6 Å². The third kappa shape index (κ3) is 5.19. The number of hydrogen-bond acceptors (Lipinski definition) is 3. The van der Waals surface area contributed by atoms with E-state index in [1.54, 1.807) is 26.3 Å². The van der Waals surface area contributed by atoms with Crippen LogP contribution in [0.25, 0.3) is 11.5 Å². The maximum Gasteiger partial charge on any atom is 0.226 e. The minimum absolute atomic E-state index is 0.191. The van der Waals surface area contributed by atoms with E-state index < -0.39 is 0 Å². The molecule has 0 fully saturated rings. The van der Waals surface area contributed by atoms with Crippen molar-refractivity contribution in [2.24, 2.45) is 4.99 Å². The standard InChI is InChI=1S/C22H25FN4O/c1-15-4-7-18(8-5-15)21-27-19(14-28-21)10-11-25-22(24-3)26-13-17-6-9-20(23)16(2)12-17/h4-9,12,14H,10-11,13H2,1-3H3,(H2,24,25,26). The Bertz CT molecular complexity index is 947. The van der Waals surface area contributed by atoms with Gasteiger partial charge < -0.3 is 15.1 Å². The lowest BCUT2D eigenvalue weighted by Gasteiger charge is -2.12. The van der Waals surface area contributed by atoms with Crippen LogP contribution in [0.1, 0.15) is 22.4 Å². The molecule has 28 heavy (non-hydrogen) atoms. The van der Waals surface area contributed by atoms with Gasteiger partial charge in [-0.1, -0.05) is 29.8 Å². The number of hydrogen-bond donors (Lipinski definition) is 2. The zero-order valence-electron chi connectivity index (χ0n) is 16.4. The summed E-state index contributed by atoms with van der Waals surface area (Å²) in [7, 11) is 1.72. The zero-order chi connectivity index (χ0) is 19.9. The van der Waals surface area contributed by atoms with Crippen molar-refractivity contribution in [3.05, 3.63) is 76.9 Å². The minimum Gasteiger partial charge on any atom is -0.444 e. The summed E-state index contributed by atoms with van der Waals surface area (Å²) in [6, 6.07) is 13.2. The quantitative estimate of drug-likeness (QED) is 0.501. The van der Waals surface area contributed by atoms with Crippen LogP contribution in [0.2, 0.25) is 0 Å². The number of nitrogens with one attached hydrogen (secondary N) is 2. The van der Waals surface area contributed by atoms with Crippen LogP contribution in [0.5, 0.6) is 0 Å². The molecule has 0 saturated carbocycles. The first-order chi connectivity index (χ1) is 13.5. The number of oxazole rings is 1. The Hall–Kier alpha value is -3.15. The van der Waals surface area contributed by atoms with Crippen LogP contribution in [0, 0.1) is 19.7 Å². The number of aromatic nitrogens is 1. The first-order valence-corrected chi connectivity index (χ1v) is 9.26. The Morgan fingerprint density at radius 1 is 1.11 bits per heavy atom. The molecule has 2 N–H and O–H groups in total. The van der Waals surface area contributed by atoms with Gasteiger partial charge in [-0.2, -0.15) is 0 Å². The van der Waals surface area contributed by atoms with Crippen molar-refractivity contribution in [2.75, 3.05) is 13.6 Å². The summed E-state index contributed by atoms with van der Waals surface area (Å²) in [5.41, 5.74) is 4.69. The van der Waals surface area contributed by atoms with E-state index in [1.807, 2.05) is 30.3 Å². The van der Waals surface area contributed by atoms with Gasteiger partial charge in [-0.25, -0.2) is 9.37 Å². The molecule has 0 radical (unpaired) electrons. The molecule has 1 aromatic heterocycles. The summed E-state index contributed by atoms with van der Waals surface area (Å²) < 4.78 is 18.9. The van der Waals surface area contributed by atoms with Crippen molar-refractivity contribution in [2.45, 2.75) is 26.8 Å². The Balaban J connectivity index is 1.48. The topological polar surface area (TPSA) is 62.5 Å². The predicted molar refractivity (Wildman–Crippen MR) is 110 cm³/mol. The molecule has 0 aliphatic heterocycles. The lowest BCUT2D eigenvalue weighted by Crippen LogP contribution is -2.37. The molecular weight excluding hydrogens is 355 g/mol. The number of halogens is 1. The summed E-state index contributed by atoms with van der Waals surface area (Å²) in [4.78, 5) is 8.75. The first kappa shape index (κ1) is 19.6. The average molecular weight is 380 g/mol. The lowest BCUT2D eigenvalue weighted by molar-refractivity contribution is 0.572. The summed E-state index contributed by atoms with van der Waals surface area (Å²) in [5, 5.41) is 6.48. The summed E-state index contributed by atoms with van der Waals surface area (Å²) in [6.45, 7) is 5.05. The van der Waals surface area contributed by atoms with E-state index in [9.17, 15) is 4.39 Å². The van der Waals surface area contributed by atoms with Gasteiger partial charge in [0.25, 0.3) is 0 Å². The van der Waals surface area contributed by atoms with Crippen LogP contribution in [0.4, 0.5) is 4.39 Å². The maximum absolute atomic E-state index is 13.3. The van der Waals surface area contributed by atoms with Gasteiger partial charge in [0, 0.05) is 32.1 Å². The molecule has 146 valence electrons. The molecule has 3 rings (SSSR count). The molecule has 0 aliphatic rings. The second kappa shape index (κ2) is 9.17. The molecule has 0 atom stereocenters. The van der Waals surface area contributed by atoms with E-state index in [1.165, 1.54) is 11.6 Å². The van der Waals surface area contributed by atoms with Crippen molar-refractivity contribution in [3.63, 3.8) is 0 Å². The van der Waals surface area contributed by atoms with E-state index >= 15 is 0 Å². The molecule has 0 spiro atoms. The molecule has 6 heteroatoms. The lowest BCUT2D eigenvalue weighted by atomic mass is 10.1. The van der Waals surface area contributed by atoms with E-state index in [0.29, 0.717) is 36.9 Å². The van der Waals surface area contributed by atoms with Crippen LogP contribution in [0.3, 0.4) is 0 Å². The monoisotopic (exact) mass is 380 g/mol. The summed E-state index contributed by atoms with van der Waals surface area (Å²) >= 11 is 0. The van der Waals surface area contributed by atoms with Crippen molar-refractivity contribution >= 4 is 5.96 Å². The van der Waals surface area contributed by atoms with Crippen LogP contribution >= 0.6 is 0 Å². The van der Waals surface area contributed by atoms with Gasteiger partial charge in [0.1, 0.15) is 12.1 Å². The average Bonchev–Trinajstić information content (AvgIpc) is 3.16. The number of nitrogens with zero attached hydrogens (tertiary/aromatic N) is 2. The van der Waals surface area contributed by atoms with Crippen LogP contribution in [-0.4, -0.2) is 24.5 Å². The van der Waals surface area contributed by atoms with Crippen molar-refractivity contribution < 1.29 is 8.81 Å². The number of aryl methyl sites for hydroxylation is 2. The highest BCUT2D eigenvalue weighted by Crippen LogP contribution is 2.19. The van der Waals surface area contributed by atoms with Gasteiger partial charge in [-0.05, 0) is 43.2 Å². The summed E-state index contributed by atoms with van der Waals surface area (Å²) in [6.07, 6.45) is 2.40. The smallest absolute Gasteiger partial charge is 0.226 e. The normalized spacial score (nSPS) is 11.5. The zero-order valence-corrected chi connectivity index (χ0v) is 16.4.